The quantitative estimate of drug-likeness (QED) is 0.461. The van der Waals surface area contributed by atoms with Crippen LogP contribution in [0.25, 0.3) is 0 Å². The summed E-state index contributed by atoms with van der Waals surface area (Å²) in [5, 5.41) is 6.49. The summed E-state index contributed by atoms with van der Waals surface area (Å²) in [5.41, 5.74) is 3.24. The Balaban J connectivity index is 1.59. The fourth-order valence-corrected chi connectivity index (χ4v) is 1.96. The van der Waals surface area contributed by atoms with Crippen LogP contribution in [0.15, 0.2) is 53.7 Å². The van der Waals surface area contributed by atoms with E-state index in [2.05, 4.69) is 10.5 Å². The van der Waals surface area contributed by atoms with Crippen molar-refractivity contribution in [2.75, 3.05) is 19.8 Å². The summed E-state index contributed by atoms with van der Waals surface area (Å²) in [6.07, 6.45) is 1.58. The minimum Gasteiger partial charge on any atom is -0.492 e. The average molecular weight is 326 g/mol. The molecule has 126 valence electrons. The molecule has 1 amide bonds. The van der Waals surface area contributed by atoms with Gasteiger partial charge in [0, 0.05) is 0 Å². The van der Waals surface area contributed by atoms with Gasteiger partial charge in [0.2, 0.25) is 0 Å². The molecule has 0 fully saturated rings. The number of carbonyl (C=O) groups excluding carboxylic acids is 1. The third kappa shape index (κ3) is 6.52. The van der Waals surface area contributed by atoms with E-state index in [0.29, 0.717) is 13.2 Å². The minimum absolute atomic E-state index is 0.118. The fraction of sp³-hybridized carbons (Fsp3) is 0.263. The lowest BCUT2D eigenvalue weighted by molar-refractivity contribution is -0.125. The molecule has 2 rings (SSSR count). The van der Waals surface area contributed by atoms with Crippen LogP contribution < -0.4 is 10.1 Å². The maximum Gasteiger partial charge on any atom is 0.260 e. The number of aryl methyl sites for hydroxylation is 2. The highest BCUT2D eigenvalue weighted by Crippen LogP contribution is 2.11. The van der Waals surface area contributed by atoms with Crippen LogP contribution >= 0.6 is 0 Å². The summed E-state index contributed by atoms with van der Waals surface area (Å²) in [7, 11) is 0. The summed E-state index contributed by atoms with van der Waals surface area (Å²) in [6, 6.07) is 15.6. The zero-order chi connectivity index (χ0) is 17.2. The maximum atomic E-state index is 11.6. The van der Waals surface area contributed by atoms with Crippen molar-refractivity contribution in [2.24, 2.45) is 5.16 Å². The van der Waals surface area contributed by atoms with Crippen molar-refractivity contribution >= 4 is 12.1 Å². The number of nitrogens with zero attached hydrogens (tertiary/aromatic N) is 1. The van der Waals surface area contributed by atoms with Gasteiger partial charge < -0.3 is 14.9 Å². The molecule has 5 nitrogen and oxygen atoms in total. The van der Waals surface area contributed by atoms with E-state index in [-0.39, 0.29) is 12.5 Å². The van der Waals surface area contributed by atoms with Crippen LogP contribution in [-0.4, -0.2) is 31.9 Å². The molecular formula is C19H22N2O3. The molecule has 2 aromatic rings. The molecule has 0 heterocycles. The molecule has 0 unspecified atom stereocenters. The lowest BCUT2D eigenvalue weighted by Crippen LogP contribution is -2.30. The van der Waals surface area contributed by atoms with Crippen molar-refractivity contribution in [2.45, 2.75) is 13.8 Å². The summed E-state index contributed by atoms with van der Waals surface area (Å²) >= 11 is 0. The van der Waals surface area contributed by atoms with Gasteiger partial charge >= 0.3 is 0 Å². The van der Waals surface area contributed by atoms with Crippen molar-refractivity contribution in [1.29, 1.82) is 0 Å². The van der Waals surface area contributed by atoms with Gasteiger partial charge in [-0.05, 0) is 37.1 Å². The van der Waals surface area contributed by atoms with Crippen molar-refractivity contribution in [3.8, 4) is 5.75 Å². The third-order valence-corrected chi connectivity index (χ3v) is 3.23. The number of ether oxygens (including phenoxy) is 1. The Labute approximate surface area is 142 Å². The lowest BCUT2D eigenvalue weighted by Gasteiger charge is -2.07. The smallest absolute Gasteiger partial charge is 0.260 e. The van der Waals surface area contributed by atoms with Crippen molar-refractivity contribution in [3.05, 3.63) is 65.2 Å². The van der Waals surface area contributed by atoms with E-state index in [0.717, 1.165) is 16.9 Å². The van der Waals surface area contributed by atoms with Gasteiger partial charge in [-0.1, -0.05) is 47.1 Å². The van der Waals surface area contributed by atoms with Crippen LogP contribution in [0.3, 0.4) is 0 Å². The Morgan fingerprint density at radius 1 is 1.12 bits per heavy atom. The van der Waals surface area contributed by atoms with E-state index in [9.17, 15) is 4.79 Å². The van der Waals surface area contributed by atoms with Gasteiger partial charge in [0.15, 0.2) is 6.61 Å². The fourth-order valence-electron chi connectivity index (χ4n) is 1.96. The molecule has 0 radical (unpaired) electrons. The normalized spacial score (nSPS) is 10.6. The molecule has 0 saturated heterocycles. The zero-order valence-corrected chi connectivity index (χ0v) is 14.0. The molecule has 0 bridgehead atoms. The highest BCUT2D eigenvalue weighted by atomic mass is 16.6. The first-order valence-corrected chi connectivity index (χ1v) is 7.81. The van der Waals surface area contributed by atoms with Crippen molar-refractivity contribution in [1.82, 2.24) is 5.32 Å². The maximum absolute atomic E-state index is 11.6. The second-order valence-corrected chi connectivity index (χ2v) is 5.43. The number of oxime groups is 1. The van der Waals surface area contributed by atoms with E-state index in [1.54, 1.807) is 6.21 Å². The molecule has 0 aliphatic carbocycles. The van der Waals surface area contributed by atoms with Crippen LogP contribution in [-0.2, 0) is 9.63 Å². The van der Waals surface area contributed by atoms with Crippen LogP contribution in [0.1, 0.15) is 16.7 Å². The Hall–Kier alpha value is -2.82. The van der Waals surface area contributed by atoms with E-state index < -0.39 is 0 Å². The number of carbonyl (C=O) groups is 1. The second kappa shape index (κ2) is 9.35. The van der Waals surface area contributed by atoms with Gasteiger partial charge in [0.25, 0.3) is 5.91 Å². The average Bonchev–Trinajstić information content (AvgIpc) is 2.57. The molecule has 1 N–H and O–H groups in total. The van der Waals surface area contributed by atoms with E-state index in [1.165, 1.54) is 5.56 Å². The molecule has 5 heteroatoms. The second-order valence-electron chi connectivity index (χ2n) is 5.43. The first kappa shape index (κ1) is 17.5. The van der Waals surface area contributed by atoms with Crippen LogP contribution in [0, 0.1) is 13.8 Å². The van der Waals surface area contributed by atoms with Gasteiger partial charge in [-0.15, -0.1) is 0 Å². The highest BCUT2D eigenvalue weighted by molar-refractivity contribution is 5.79. The summed E-state index contributed by atoms with van der Waals surface area (Å²) < 4.78 is 5.55. The summed E-state index contributed by atoms with van der Waals surface area (Å²) in [6.45, 7) is 4.72. The molecule has 0 saturated carbocycles. The van der Waals surface area contributed by atoms with Crippen molar-refractivity contribution < 1.29 is 14.4 Å². The molecule has 0 spiro atoms. The SMILES string of the molecule is Cc1ccc(/C=N\OCC(=O)NCCOc2cccc(C)c2)cc1. The van der Waals surface area contributed by atoms with E-state index in [1.807, 2.05) is 62.4 Å². The summed E-state index contributed by atoms with van der Waals surface area (Å²) in [5.74, 6) is 0.562. The third-order valence-electron chi connectivity index (χ3n) is 3.23. The van der Waals surface area contributed by atoms with E-state index >= 15 is 0 Å². The Morgan fingerprint density at radius 3 is 2.67 bits per heavy atom. The van der Waals surface area contributed by atoms with Gasteiger partial charge in [-0.2, -0.15) is 0 Å². The molecule has 0 atom stereocenters. The molecule has 24 heavy (non-hydrogen) atoms. The molecule has 0 aliphatic rings. The number of amides is 1. The monoisotopic (exact) mass is 326 g/mol. The first-order valence-electron chi connectivity index (χ1n) is 7.81. The first-order chi connectivity index (χ1) is 11.6. The zero-order valence-electron chi connectivity index (χ0n) is 14.0. The highest BCUT2D eigenvalue weighted by Gasteiger charge is 2.01. The Bertz CT molecular complexity index is 681. The number of rotatable bonds is 8. The number of hydrogen-bond donors (Lipinski definition) is 1. The summed E-state index contributed by atoms with van der Waals surface area (Å²) in [4.78, 5) is 16.6. The van der Waals surface area contributed by atoms with Crippen LogP contribution in [0.2, 0.25) is 0 Å². The Morgan fingerprint density at radius 2 is 1.92 bits per heavy atom. The van der Waals surface area contributed by atoms with Crippen LogP contribution in [0.4, 0.5) is 0 Å². The minimum atomic E-state index is -0.233. The predicted molar refractivity (Wildman–Crippen MR) is 94.4 cm³/mol. The molecular weight excluding hydrogens is 304 g/mol. The Kier molecular flexibility index (Phi) is 6.83. The van der Waals surface area contributed by atoms with Crippen molar-refractivity contribution in [3.63, 3.8) is 0 Å². The van der Waals surface area contributed by atoms with Gasteiger partial charge in [0.1, 0.15) is 12.4 Å². The molecule has 2 aromatic carbocycles. The van der Waals surface area contributed by atoms with Gasteiger partial charge in [-0.25, -0.2) is 0 Å². The topological polar surface area (TPSA) is 59.9 Å². The van der Waals surface area contributed by atoms with Gasteiger partial charge in [0.05, 0.1) is 12.8 Å². The lowest BCUT2D eigenvalue weighted by atomic mass is 10.2. The molecule has 0 aliphatic heterocycles. The van der Waals surface area contributed by atoms with Crippen LogP contribution in [0.5, 0.6) is 5.75 Å². The number of nitrogens with one attached hydrogen (secondary N) is 1. The number of benzene rings is 2. The molecule has 0 aromatic heterocycles. The number of hydrogen-bond acceptors (Lipinski definition) is 4. The largest absolute Gasteiger partial charge is 0.492 e. The predicted octanol–water partition coefficient (Wildman–Crippen LogP) is 2.85. The van der Waals surface area contributed by atoms with E-state index in [4.69, 9.17) is 9.57 Å². The van der Waals surface area contributed by atoms with Gasteiger partial charge in [-0.3, -0.25) is 4.79 Å². The standard InChI is InChI=1S/C19H22N2O3/c1-15-6-8-17(9-7-15)13-21-24-14-19(22)20-10-11-23-18-5-3-4-16(2)12-18/h3-9,12-13H,10-11,14H2,1-2H3,(H,20,22)/b21-13-.